The van der Waals surface area contributed by atoms with E-state index in [1.54, 1.807) is 0 Å². The molecule has 2 atom stereocenters. The summed E-state index contributed by atoms with van der Waals surface area (Å²) in [5, 5.41) is 34.4. The number of hydrogen-bond acceptors (Lipinski definition) is 8. The molecule has 2 aliphatic rings. The van der Waals surface area contributed by atoms with Crippen molar-refractivity contribution in [1.82, 2.24) is 42.5 Å². The third-order valence-electron chi connectivity index (χ3n) is 3.51. The van der Waals surface area contributed by atoms with E-state index in [0.717, 1.165) is 0 Å². The van der Waals surface area contributed by atoms with Crippen LogP contribution in [0.2, 0.25) is 0 Å². The molecule has 28 heavy (non-hydrogen) atoms. The molecule has 2 fully saturated rings. The maximum absolute atomic E-state index is 11.8. The first-order valence-corrected chi connectivity index (χ1v) is 7.27. The van der Waals surface area contributed by atoms with Crippen LogP contribution in [0.3, 0.4) is 0 Å². The Bertz CT molecular complexity index is 661. The van der Waals surface area contributed by atoms with Gasteiger partial charge in [0, 0.05) is 19.5 Å². The van der Waals surface area contributed by atoms with Crippen molar-refractivity contribution in [3.8, 4) is 0 Å². The summed E-state index contributed by atoms with van der Waals surface area (Å²) in [7, 11) is 0. The predicted molar refractivity (Wildman–Crippen MR) is 81.2 cm³/mol. The number of nitrogens with one attached hydrogen (secondary N) is 8. The second kappa shape index (κ2) is 8.77. The van der Waals surface area contributed by atoms with Gasteiger partial charge in [0.15, 0.2) is 0 Å². The van der Waals surface area contributed by atoms with E-state index in [1.165, 1.54) is 0 Å². The summed E-state index contributed by atoms with van der Waals surface area (Å²) in [5.41, 5.74) is -4.12. The Balaban J connectivity index is 0.00000392. The van der Waals surface area contributed by atoms with E-state index < -0.39 is 67.1 Å². The fourth-order valence-electron chi connectivity index (χ4n) is 2.14. The number of aliphatic hydroxyl groups is 2. The van der Waals surface area contributed by atoms with Gasteiger partial charge in [0.05, 0.1) is 19.9 Å². The van der Waals surface area contributed by atoms with E-state index in [1.807, 2.05) is 31.9 Å². The minimum Gasteiger partial charge on any atom is -0.391 e. The summed E-state index contributed by atoms with van der Waals surface area (Å²) in [6, 6.07) is -3.91. The van der Waals surface area contributed by atoms with Crippen molar-refractivity contribution in [2.45, 2.75) is 11.3 Å². The maximum Gasteiger partial charge on any atom is 0.323 e. The van der Waals surface area contributed by atoms with Gasteiger partial charge in [-0.3, -0.25) is 20.2 Å². The van der Waals surface area contributed by atoms with E-state index in [9.17, 15) is 39.0 Å². The van der Waals surface area contributed by atoms with Crippen LogP contribution in [-0.4, -0.2) is 77.4 Å². The zero-order valence-corrected chi connectivity index (χ0v) is 17.1. The number of imide groups is 2. The van der Waals surface area contributed by atoms with Gasteiger partial charge in [-0.25, -0.2) is 19.2 Å². The van der Waals surface area contributed by atoms with Crippen molar-refractivity contribution in [3.63, 3.8) is 0 Å². The summed E-state index contributed by atoms with van der Waals surface area (Å²) in [4.78, 5) is 68.9. The Labute approximate surface area is 168 Å². The molecule has 2 rings (SSSR count). The van der Waals surface area contributed by atoms with Crippen molar-refractivity contribution in [2.24, 2.45) is 0 Å². The van der Waals surface area contributed by atoms with E-state index >= 15 is 0 Å². The molecule has 16 nitrogen and oxygen atoms in total. The Morgan fingerprint density at radius 3 is 1.39 bits per heavy atom. The van der Waals surface area contributed by atoms with Crippen molar-refractivity contribution in [2.75, 3.05) is 19.9 Å². The molecule has 0 bridgehead atoms. The topological polar surface area (TPSA) is 239 Å². The van der Waals surface area contributed by atoms with Gasteiger partial charge in [0.2, 0.25) is 11.3 Å². The third-order valence-corrected chi connectivity index (χ3v) is 3.51. The minimum atomic E-state index is -2.06. The summed E-state index contributed by atoms with van der Waals surface area (Å²) in [6.07, 6.45) is 0. The molecule has 0 aliphatic carbocycles. The Morgan fingerprint density at radius 2 is 1.14 bits per heavy atom. The first-order chi connectivity index (χ1) is 12.7. The van der Waals surface area contributed by atoms with Crippen LogP contribution >= 0.6 is 0 Å². The average Bonchev–Trinajstić information content (AvgIpc) is 3.03. The smallest absolute Gasteiger partial charge is 0.323 e. The van der Waals surface area contributed by atoms with Gasteiger partial charge in [-0.2, -0.15) is 0 Å². The fraction of sp³-hybridized carbons (Fsp3) is 0.455. The molecule has 0 saturated carbocycles. The SMILES string of the molecule is O=C(NCNC(=O)NC1(CO)NC(=O)NC1=O)NC1(CO)NC(=O)NC1=O.[Zn]. The molecule has 2 saturated heterocycles. The predicted octanol–water partition coefficient (Wildman–Crippen LogP) is -5.40. The molecule has 2 unspecified atom stereocenters. The first-order valence-electron chi connectivity index (χ1n) is 7.27. The van der Waals surface area contributed by atoms with Crippen LogP contribution in [0.5, 0.6) is 0 Å². The number of amides is 10. The second-order valence-electron chi connectivity index (χ2n) is 5.38. The van der Waals surface area contributed by atoms with E-state index in [2.05, 4.69) is 10.6 Å². The van der Waals surface area contributed by atoms with E-state index in [4.69, 9.17) is 0 Å². The molecule has 2 aliphatic heterocycles. The van der Waals surface area contributed by atoms with E-state index in [0.29, 0.717) is 0 Å². The van der Waals surface area contributed by atoms with Gasteiger partial charge in [0.25, 0.3) is 11.8 Å². The van der Waals surface area contributed by atoms with Crippen LogP contribution in [0.4, 0.5) is 19.2 Å². The van der Waals surface area contributed by atoms with Crippen LogP contribution in [0.1, 0.15) is 0 Å². The van der Waals surface area contributed by atoms with Crippen molar-refractivity contribution >= 4 is 35.9 Å². The van der Waals surface area contributed by atoms with E-state index in [-0.39, 0.29) is 19.5 Å². The van der Waals surface area contributed by atoms with Gasteiger partial charge >= 0.3 is 24.1 Å². The molecule has 0 aromatic carbocycles. The average molecular weight is 454 g/mol. The molecular formula is C11H16N8O8Zn. The van der Waals surface area contributed by atoms with Crippen LogP contribution in [0.25, 0.3) is 0 Å². The Hall–Kier alpha value is -3.04. The van der Waals surface area contributed by atoms with Crippen LogP contribution in [-0.2, 0) is 29.1 Å². The molecule has 10 N–H and O–H groups in total. The molecular weight excluding hydrogens is 438 g/mol. The zero-order valence-electron chi connectivity index (χ0n) is 14.2. The number of carbonyl (C=O) groups is 6. The molecule has 0 spiro atoms. The molecule has 17 heteroatoms. The van der Waals surface area contributed by atoms with Gasteiger partial charge < -0.3 is 42.1 Å². The molecule has 150 valence electrons. The van der Waals surface area contributed by atoms with Crippen LogP contribution in [0, 0.1) is 0 Å². The van der Waals surface area contributed by atoms with Gasteiger partial charge in [0.1, 0.15) is 0 Å². The zero-order chi connectivity index (χ0) is 20.2. The summed E-state index contributed by atoms with van der Waals surface area (Å²) in [6.45, 7) is -2.38. The first kappa shape index (κ1) is 23.0. The van der Waals surface area contributed by atoms with Crippen molar-refractivity contribution in [1.29, 1.82) is 0 Å². The van der Waals surface area contributed by atoms with Crippen LogP contribution < -0.4 is 42.5 Å². The number of aliphatic hydroxyl groups excluding tert-OH is 2. The van der Waals surface area contributed by atoms with Gasteiger partial charge in [-0.15, -0.1) is 0 Å². The summed E-state index contributed by atoms with van der Waals surface area (Å²) >= 11 is 0. The summed E-state index contributed by atoms with van der Waals surface area (Å²) < 4.78 is 0. The Kier molecular flexibility index (Phi) is 7.20. The largest absolute Gasteiger partial charge is 0.391 e. The standard InChI is InChI=1S/C11H16N8O8.Zn/c20-1-10(4(22)14-8(26)18-10)16-6(24)12-3-13-7(25)17-11(2-21)5(23)15-9(27)19-11;/h20-21H,1-3H2,(H2,12,16,24)(H2,13,17,25)(H2,14,18,22,26)(H2,15,19,23,27);. The van der Waals surface area contributed by atoms with Crippen molar-refractivity contribution < 1.29 is 58.5 Å². The molecule has 0 aromatic heterocycles. The normalized spacial score (nSPS) is 25.5. The molecule has 0 radical (unpaired) electrons. The van der Waals surface area contributed by atoms with Gasteiger partial charge in [-0.05, 0) is 0 Å². The maximum atomic E-state index is 11.8. The molecule has 2 heterocycles. The Morgan fingerprint density at radius 1 is 0.786 bits per heavy atom. The quantitative estimate of drug-likeness (QED) is 0.105. The minimum absolute atomic E-state index is 0. The number of urea groups is 4. The summed E-state index contributed by atoms with van der Waals surface area (Å²) in [5.74, 6) is -1.97. The van der Waals surface area contributed by atoms with Gasteiger partial charge in [-0.1, -0.05) is 0 Å². The number of rotatable bonds is 6. The monoisotopic (exact) mass is 452 g/mol. The fourth-order valence-corrected chi connectivity index (χ4v) is 2.14. The molecule has 0 aromatic rings. The number of carbonyl (C=O) groups excluding carboxylic acids is 6. The van der Waals surface area contributed by atoms with Crippen LogP contribution in [0.15, 0.2) is 0 Å². The second-order valence-corrected chi connectivity index (χ2v) is 5.38. The third kappa shape index (κ3) is 4.62. The molecule has 10 amide bonds. The number of hydrogen-bond donors (Lipinski definition) is 10. The van der Waals surface area contributed by atoms with Crippen molar-refractivity contribution in [3.05, 3.63) is 0 Å².